The molecular weight excluding hydrogens is 294 g/mol. The third-order valence-electron chi connectivity index (χ3n) is 5.16. The second kappa shape index (κ2) is 6.14. The molecule has 0 aliphatic heterocycles. The van der Waals surface area contributed by atoms with Crippen LogP contribution in [0.5, 0.6) is 0 Å². The Hall–Kier alpha value is -2.57. The van der Waals surface area contributed by atoms with Crippen molar-refractivity contribution in [1.82, 2.24) is 9.30 Å². The lowest BCUT2D eigenvalue weighted by atomic mass is 9.87. The zero-order valence-electron chi connectivity index (χ0n) is 13.9. The number of fused-ring (bicyclic) bond motifs is 2. The monoisotopic (exact) mass is 315 g/mol. The largest absolute Gasteiger partial charge is 0.322 e. The van der Waals surface area contributed by atoms with E-state index < -0.39 is 0 Å². The van der Waals surface area contributed by atoms with Gasteiger partial charge in [0.15, 0.2) is 0 Å². The highest BCUT2D eigenvalue weighted by atomic mass is 15.1. The van der Waals surface area contributed by atoms with E-state index in [2.05, 4.69) is 52.9 Å². The van der Waals surface area contributed by atoms with E-state index >= 15 is 0 Å². The first-order chi connectivity index (χ1) is 11.8. The van der Waals surface area contributed by atoms with Crippen LogP contribution in [-0.2, 0) is 13.0 Å². The fraction of sp³-hybridized carbons (Fsp3) is 0.286. The maximum absolute atomic E-state index is 9.60. The van der Waals surface area contributed by atoms with Crippen molar-refractivity contribution in [1.29, 1.82) is 5.26 Å². The van der Waals surface area contributed by atoms with E-state index in [0.29, 0.717) is 6.04 Å². The third kappa shape index (κ3) is 2.50. The van der Waals surface area contributed by atoms with Crippen LogP contribution in [0.2, 0.25) is 0 Å². The van der Waals surface area contributed by atoms with Crippen LogP contribution < -0.4 is 0 Å². The van der Waals surface area contributed by atoms with Crippen molar-refractivity contribution in [2.45, 2.75) is 31.8 Å². The minimum Gasteiger partial charge on any atom is -0.322 e. The fourth-order valence-electron chi connectivity index (χ4n) is 3.99. The molecule has 0 N–H and O–H groups in total. The van der Waals surface area contributed by atoms with Gasteiger partial charge in [-0.05, 0) is 49.6 Å². The van der Waals surface area contributed by atoms with Crippen LogP contribution in [0.4, 0.5) is 0 Å². The number of hydrogen-bond donors (Lipinski definition) is 0. The van der Waals surface area contributed by atoms with E-state index in [4.69, 9.17) is 0 Å². The average Bonchev–Trinajstić information content (AvgIpc) is 2.98. The first kappa shape index (κ1) is 15.0. The van der Waals surface area contributed by atoms with Crippen LogP contribution in [0.1, 0.15) is 41.1 Å². The number of nitrogens with zero attached hydrogens (tertiary/aromatic N) is 3. The highest BCUT2D eigenvalue weighted by Gasteiger charge is 2.24. The van der Waals surface area contributed by atoms with Gasteiger partial charge >= 0.3 is 0 Å². The molecule has 0 bridgehead atoms. The van der Waals surface area contributed by atoms with Crippen molar-refractivity contribution in [2.75, 3.05) is 7.05 Å². The molecule has 1 atom stereocenters. The summed E-state index contributed by atoms with van der Waals surface area (Å²) in [5.74, 6) is 0. The standard InChI is InChI=1S/C21H21N3/c1-23(20-11-6-8-16-7-2-3-9-18(16)20)14-17-15-24-12-5-4-10-21(24)19(17)13-22/h2-5,7,9-10,12,15,20H,6,8,11,14H2,1H3/t20-/m1/s1. The Morgan fingerprint density at radius 3 is 2.92 bits per heavy atom. The highest BCUT2D eigenvalue weighted by molar-refractivity contribution is 5.65. The molecule has 4 rings (SSSR count). The molecule has 1 aromatic carbocycles. The minimum atomic E-state index is 0.435. The summed E-state index contributed by atoms with van der Waals surface area (Å²) in [4.78, 5) is 2.40. The molecule has 0 saturated carbocycles. The molecule has 2 heterocycles. The van der Waals surface area contributed by atoms with E-state index in [-0.39, 0.29) is 0 Å². The van der Waals surface area contributed by atoms with Gasteiger partial charge < -0.3 is 4.40 Å². The second-order valence-corrected chi connectivity index (χ2v) is 6.66. The number of nitriles is 1. The Morgan fingerprint density at radius 1 is 1.21 bits per heavy atom. The van der Waals surface area contributed by atoms with Gasteiger partial charge in [0.25, 0.3) is 0 Å². The maximum atomic E-state index is 9.60. The predicted molar refractivity (Wildman–Crippen MR) is 95.7 cm³/mol. The van der Waals surface area contributed by atoms with Crippen molar-refractivity contribution in [3.8, 4) is 6.07 Å². The van der Waals surface area contributed by atoms with Crippen LogP contribution >= 0.6 is 0 Å². The summed E-state index contributed by atoms with van der Waals surface area (Å²) in [5.41, 5.74) is 5.82. The number of aromatic nitrogens is 1. The molecule has 3 aromatic rings. The van der Waals surface area contributed by atoms with Crippen LogP contribution in [-0.4, -0.2) is 16.3 Å². The van der Waals surface area contributed by atoms with Gasteiger partial charge in [-0.1, -0.05) is 30.3 Å². The lowest BCUT2D eigenvalue weighted by Gasteiger charge is -2.33. The number of benzene rings is 1. The van der Waals surface area contributed by atoms with Crippen molar-refractivity contribution in [2.24, 2.45) is 0 Å². The van der Waals surface area contributed by atoms with E-state index in [1.54, 1.807) is 0 Å². The zero-order chi connectivity index (χ0) is 16.5. The summed E-state index contributed by atoms with van der Waals surface area (Å²) in [6.07, 6.45) is 7.70. The molecule has 0 radical (unpaired) electrons. The van der Waals surface area contributed by atoms with Crippen molar-refractivity contribution in [3.63, 3.8) is 0 Å². The average molecular weight is 315 g/mol. The Morgan fingerprint density at radius 2 is 2.04 bits per heavy atom. The van der Waals surface area contributed by atoms with Crippen LogP contribution in [0, 0.1) is 11.3 Å². The molecule has 3 nitrogen and oxygen atoms in total. The maximum Gasteiger partial charge on any atom is 0.102 e. The Labute approximate surface area is 142 Å². The molecule has 2 aromatic heterocycles. The van der Waals surface area contributed by atoms with E-state index in [0.717, 1.165) is 23.2 Å². The predicted octanol–water partition coefficient (Wildman–Crippen LogP) is 4.32. The fourth-order valence-corrected chi connectivity index (χ4v) is 3.99. The molecule has 24 heavy (non-hydrogen) atoms. The molecule has 0 amide bonds. The lowest BCUT2D eigenvalue weighted by Crippen LogP contribution is -2.27. The van der Waals surface area contributed by atoms with Crippen molar-refractivity contribution < 1.29 is 0 Å². The van der Waals surface area contributed by atoms with Gasteiger partial charge in [-0.2, -0.15) is 5.26 Å². The first-order valence-electron chi connectivity index (χ1n) is 8.54. The van der Waals surface area contributed by atoms with E-state index in [1.807, 2.05) is 24.4 Å². The quantitative estimate of drug-likeness (QED) is 0.721. The minimum absolute atomic E-state index is 0.435. The van der Waals surface area contributed by atoms with E-state index in [9.17, 15) is 5.26 Å². The summed E-state index contributed by atoms with van der Waals surface area (Å²) >= 11 is 0. The van der Waals surface area contributed by atoms with Gasteiger partial charge in [-0.15, -0.1) is 0 Å². The summed E-state index contributed by atoms with van der Waals surface area (Å²) in [5, 5.41) is 9.60. The zero-order valence-corrected chi connectivity index (χ0v) is 13.9. The number of aryl methyl sites for hydroxylation is 1. The van der Waals surface area contributed by atoms with Crippen molar-refractivity contribution in [3.05, 3.63) is 77.1 Å². The van der Waals surface area contributed by atoms with Crippen LogP contribution in [0.15, 0.2) is 54.9 Å². The van der Waals surface area contributed by atoms with Gasteiger partial charge in [0.2, 0.25) is 0 Å². The number of pyridine rings is 1. The SMILES string of the molecule is CN(Cc1cn2ccccc2c1C#N)[C@@H]1CCCc2ccccc21. The molecule has 0 saturated heterocycles. The molecular formula is C21H21N3. The molecule has 0 spiro atoms. The van der Waals surface area contributed by atoms with Gasteiger partial charge in [0.05, 0.1) is 11.1 Å². The second-order valence-electron chi connectivity index (χ2n) is 6.66. The number of hydrogen-bond acceptors (Lipinski definition) is 2. The molecule has 3 heteroatoms. The van der Waals surface area contributed by atoms with Gasteiger partial charge in [-0.3, -0.25) is 4.90 Å². The number of rotatable bonds is 3. The summed E-state index contributed by atoms with van der Waals surface area (Å²) in [7, 11) is 2.18. The Kier molecular flexibility index (Phi) is 3.84. The van der Waals surface area contributed by atoms with Gasteiger partial charge in [0, 0.05) is 30.5 Å². The first-order valence-corrected chi connectivity index (χ1v) is 8.54. The topological polar surface area (TPSA) is 31.4 Å². The molecule has 1 aliphatic carbocycles. The van der Waals surface area contributed by atoms with Crippen LogP contribution in [0.3, 0.4) is 0 Å². The normalized spacial score (nSPS) is 17.0. The molecule has 0 unspecified atom stereocenters. The van der Waals surface area contributed by atoms with Crippen LogP contribution in [0.25, 0.3) is 5.52 Å². The summed E-state index contributed by atoms with van der Waals surface area (Å²) < 4.78 is 2.05. The van der Waals surface area contributed by atoms with Gasteiger partial charge in [-0.25, -0.2) is 0 Å². The molecule has 1 aliphatic rings. The molecule has 120 valence electrons. The molecule has 0 fully saturated rings. The Balaban J connectivity index is 1.66. The summed E-state index contributed by atoms with van der Waals surface area (Å²) in [6.45, 7) is 0.795. The summed E-state index contributed by atoms with van der Waals surface area (Å²) in [6, 6.07) is 17.6. The smallest absolute Gasteiger partial charge is 0.102 e. The third-order valence-corrected chi connectivity index (χ3v) is 5.16. The Bertz CT molecular complexity index is 916. The van der Waals surface area contributed by atoms with Crippen molar-refractivity contribution >= 4 is 5.52 Å². The highest BCUT2D eigenvalue weighted by Crippen LogP contribution is 2.34. The van der Waals surface area contributed by atoms with E-state index in [1.165, 1.54) is 30.4 Å². The lowest BCUT2D eigenvalue weighted by molar-refractivity contribution is 0.213. The van der Waals surface area contributed by atoms with Gasteiger partial charge in [0.1, 0.15) is 6.07 Å².